The fourth-order valence-electron chi connectivity index (χ4n) is 2.12. The molecule has 0 saturated heterocycles. The number of rotatable bonds is 2. The van der Waals surface area contributed by atoms with Crippen molar-refractivity contribution in [3.63, 3.8) is 0 Å². The van der Waals surface area contributed by atoms with E-state index >= 15 is 0 Å². The first-order chi connectivity index (χ1) is 10.1. The first kappa shape index (κ1) is 16.3. The topological polar surface area (TPSA) is 67.4 Å². The van der Waals surface area contributed by atoms with Crippen LogP contribution >= 0.6 is 0 Å². The molecule has 1 aromatic rings. The molecule has 5 heteroatoms. The van der Waals surface area contributed by atoms with E-state index in [1.54, 1.807) is 18.2 Å². The molecular weight excluding hydrogens is 280 g/mol. The fourth-order valence-corrected chi connectivity index (χ4v) is 2.12. The molecule has 120 valence electrons. The number of carbonyl (C=O) groups excluding carboxylic acids is 2. The van der Waals surface area contributed by atoms with Crippen LogP contribution in [0.1, 0.15) is 41.0 Å². The number of amides is 2. The van der Waals surface area contributed by atoms with Crippen LogP contribution in [0.5, 0.6) is 5.75 Å². The highest BCUT2D eigenvalue weighted by atomic mass is 16.5. The van der Waals surface area contributed by atoms with Crippen LogP contribution in [0.15, 0.2) is 18.2 Å². The molecule has 0 fully saturated rings. The number of fused-ring (bicyclic) bond motifs is 1. The molecule has 0 saturated carbocycles. The van der Waals surface area contributed by atoms with Gasteiger partial charge in [0.05, 0.1) is 11.1 Å². The molecular formula is C17H24N2O3. The van der Waals surface area contributed by atoms with E-state index in [2.05, 4.69) is 10.6 Å². The molecule has 2 amide bonds. The normalized spacial score (nSPS) is 16.9. The quantitative estimate of drug-likeness (QED) is 0.879. The molecule has 22 heavy (non-hydrogen) atoms. The van der Waals surface area contributed by atoms with E-state index < -0.39 is 5.41 Å². The summed E-state index contributed by atoms with van der Waals surface area (Å²) in [6.45, 7) is 10.0. The Morgan fingerprint density at radius 3 is 2.68 bits per heavy atom. The Morgan fingerprint density at radius 1 is 1.36 bits per heavy atom. The Kier molecular flexibility index (Phi) is 4.18. The molecule has 2 rings (SSSR count). The van der Waals surface area contributed by atoms with Crippen molar-refractivity contribution in [3.8, 4) is 5.75 Å². The minimum Gasteiger partial charge on any atom is -0.490 e. The second-order valence-electron chi connectivity index (χ2n) is 7.62. The summed E-state index contributed by atoms with van der Waals surface area (Å²) in [6, 6.07) is 5.26. The molecule has 2 N–H and O–H groups in total. The number of anilines is 2. The smallest absolute Gasteiger partial charge is 0.233 e. The summed E-state index contributed by atoms with van der Waals surface area (Å²) in [5.41, 5.74) is 0.644. The van der Waals surface area contributed by atoms with Crippen LogP contribution in [0, 0.1) is 10.8 Å². The van der Waals surface area contributed by atoms with Crippen molar-refractivity contribution in [3.05, 3.63) is 18.2 Å². The maximum Gasteiger partial charge on any atom is 0.233 e. The molecule has 5 nitrogen and oxygen atoms in total. The number of ether oxygens (including phenoxy) is 1. The Balaban J connectivity index is 2.14. The van der Waals surface area contributed by atoms with Gasteiger partial charge in [-0.2, -0.15) is 0 Å². The average molecular weight is 304 g/mol. The van der Waals surface area contributed by atoms with E-state index in [1.165, 1.54) is 0 Å². The van der Waals surface area contributed by atoms with Gasteiger partial charge in [-0.25, -0.2) is 0 Å². The monoisotopic (exact) mass is 304 g/mol. The maximum atomic E-state index is 12.1. The Morgan fingerprint density at radius 2 is 2.05 bits per heavy atom. The lowest BCUT2D eigenvalue weighted by molar-refractivity contribution is -0.125. The zero-order chi connectivity index (χ0) is 16.5. The summed E-state index contributed by atoms with van der Waals surface area (Å²) in [5.74, 6) is 0.466. The lowest BCUT2D eigenvalue weighted by Crippen LogP contribution is -2.33. The molecule has 0 atom stereocenters. The van der Waals surface area contributed by atoms with Crippen LogP contribution in [-0.2, 0) is 9.59 Å². The van der Waals surface area contributed by atoms with Gasteiger partial charge in [0.15, 0.2) is 0 Å². The molecule has 1 heterocycles. The van der Waals surface area contributed by atoms with Crippen molar-refractivity contribution in [1.82, 2.24) is 0 Å². The number of benzene rings is 1. The van der Waals surface area contributed by atoms with E-state index in [4.69, 9.17) is 4.74 Å². The molecule has 0 bridgehead atoms. The third-order valence-electron chi connectivity index (χ3n) is 3.41. The molecule has 1 aromatic carbocycles. The van der Waals surface area contributed by atoms with Gasteiger partial charge >= 0.3 is 0 Å². The maximum absolute atomic E-state index is 12.1. The Bertz CT molecular complexity index is 600. The molecule has 0 spiro atoms. The van der Waals surface area contributed by atoms with Gasteiger partial charge < -0.3 is 15.4 Å². The highest BCUT2D eigenvalue weighted by Gasteiger charge is 2.32. The fraction of sp³-hybridized carbons (Fsp3) is 0.529. The number of hydrogen-bond donors (Lipinski definition) is 2. The van der Waals surface area contributed by atoms with Crippen molar-refractivity contribution >= 4 is 23.2 Å². The van der Waals surface area contributed by atoms with Crippen molar-refractivity contribution in [2.45, 2.75) is 41.0 Å². The summed E-state index contributed by atoms with van der Waals surface area (Å²) in [4.78, 5) is 24.1. The molecule has 1 aliphatic rings. The predicted molar refractivity (Wildman–Crippen MR) is 87.0 cm³/mol. The zero-order valence-corrected chi connectivity index (χ0v) is 13.9. The lowest BCUT2D eigenvalue weighted by atomic mass is 9.92. The molecule has 0 aliphatic carbocycles. The van der Waals surface area contributed by atoms with Gasteiger partial charge in [-0.1, -0.05) is 20.8 Å². The largest absolute Gasteiger partial charge is 0.490 e. The van der Waals surface area contributed by atoms with Crippen molar-refractivity contribution in [2.75, 3.05) is 17.2 Å². The van der Waals surface area contributed by atoms with Crippen LogP contribution in [0.25, 0.3) is 0 Å². The Hall–Kier alpha value is -2.04. The van der Waals surface area contributed by atoms with Crippen LogP contribution in [0.2, 0.25) is 0 Å². The van der Waals surface area contributed by atoms with Gasteiger partial charge in [0.25, 0.3) is 0 Å². The van der Waals surface area contributed by atoms with E-state index in [-0.39, 0.29) is 17.2 Å². The third-order valence-corrected chi connectivity index (χ3v) is 3.41. The number of carbonyl (C=O) groups is 2. The van der Waals surface area contributed by atoms with E-state index in [9.17, 15) is 9.59 Å². The summed E-state index contributed by atoms with van der Waals surface area (Å²) < 4.78 is 5.72. The third kappa shape index (κ3) is 4.00. The highest BCUT2D eigenvalue weighted by Crippen LogP contribution is 2.34. The van der Waals surface area contributed by atoms with Crippen molar-refractivity contribution in [2.24, 2.45) is 10.8 Å². The van der Waals surface area contributed by atoms with Crippen molar-refractivity contribution in [1.29, 1.82) is 0 Å². The first-order valence-corrected chi connectivity index (χ1v) is 7.45. The summed E-state index contributed by atoms with van der Waals surface area (Å²) >= 11 is 0. The van der Waals surface area contributed by atoms with E-state index in [0.29, 0.717) is 30.2 Å². The minimum atomic E-state index is -0.589. The molecule has 0 unspecified atom stereocenters. The zero-order valence-electron chi connectivity index (χ0n) is 13.9. The predicted octanol–water partition coefficient (Wildman–Crippen LogP) is 3.42. The molecule has 1 aliphatic heterocycles. The van der Waals surface area contributed by atoms with E-state index in [0.717, 1.165) is 0 Å². The molecule has 0 radical (unpaired) electrons. The van der Waals surface area contributed by atoms with Gasteiger partial charge in [0, 0.05) is 18.2 Å². The highest BCUT2D eigenvalue weighted by molar-refractivity contribution is 5.98. The van der Waals surface area contributed by atoms with Crippen LogP contribution in [0.3, 0.4) is 0 Å². The van der Waals surface area contributed by atoms with Gasteiger partial charge in [-0.15, -0.1) is 0 Å². The second kappa shape index (κ2) is 5.63. The first-order valence-electron chi connectivity index (χ1n) is 7.45. The van der Waals surface area contributed by atoms with Gasteiger partial charge in [0.1, 0.15) is 12.4 Å². The van der Waals surface area contributed by atoms with E-state index in [1.807, 2.05) is 34.6 Å². The van der Waals surface area contributed by atoms with Crippen LogP contribution in [0.4, 0.5) is 11.4 Å². The van der Waals surface area contributed by atoms with Gasteiger partial charge in [-0.3, -0.25) is 9.59 Å². The number of nitrogens with one attached hydrogen (secondary N) is 2. The van der Waals surface area contributed by atoms with Crippen LogP contribution in [-0.4, -0.2) is 18.4 Å². The van der Waals surface area contributed by atoms with Gasteiger partial charge in [0.2, 0.25) is 11.8 Å². The average Bonchev–Trinajstić information content (AvgIpc) is 2.46. The number of hydrogen-bond acceptors (Lipinski definition) is 3. The summed E-state index contributed by atoms with van der Waals surface area (Å²) in [7, 11) is 0. The lowest BCUT2D eigenvalue weighted by Gasteiger charge is -2.18. The van der Waals surface area contributed by atoms with Crippen molar-refractivity contribution < 1.29 is 14.3 Å². The summed E-state index contributed by atoms with van der Waals surface area (Å²) in [6.07, 6.45) is 0.439. The van der Waals surface area contributed by atoms with Crippen LogP contribution < -0.4 is 15.4 Å². The summed E-state index contributed by atoms with van der Waals surface area (Å²) in [5, 5.41) is 5.72. The second-order valence-corrected chi connectivity index (χ2v) is 7.62. The minimum absolute atomic E-state index is 0.0366. The van der Waals surface area contributed by atoms with Gasteiger partial charge in [-0.05, 0) is 31.4 Å². The standard InChI is InChI=1S/C17H24N2O3/c1-16(2,3)9-14(20)18-11-6-7-12-13(8-11)22-10-17(4,5)15(21)19-12/h6-8H,9-10H2,1-5H3,(H,18,20)(H,19,21). The SMILES string of the molecule is CC(C)(C)CC(=O)Nc1ccc2c(c1)OCC(C)(C)C(=O)N2. The molecule has 0 aromatic heterocycles. The Labute approximate surface area is 131 Å².